The van der Waals surface area contributed by atoms with E-state index < -0.39 is 10.1 Å². The quantitative estimate of drug-likeness (QED) is 0.241. The van der Waals surface area contributed by atoms with Gasteiger partial charge in [0.15, 0.2) is 0 Å². The summed E-state index contributed by atoms with van der Waals surface area (Å²) in [7, 11) is -3.43. The average molecular weight is 291 g/mol. The number of ether oxygens (including phenoxy) is 1. The highest BCUT2D eigenvalue weighted by Gasteiger charge is 2.10. The molecule has 0 fully saturated rings. The van der Waals surface area contributed by atoms with Crippen LogP contribution in [0.4, 0.5) is 0 Å². The summed E-state index contributed by atoms with van der Waals surface area (Å²) in [6.45, 7) is 7.80. The lowest BCUT2D eigenvalue weighted by Gasteiger charge is -2.15. The fourth-order valence-electron chi connectivity index (χ4n) is 0.730. The van der Waals surface area contributed by atoms with Crippen molar-refractivity contribution in [1.29, 1.82) is 0 Å². The van der Waals surface area contributed by atoms with Gasteiger partial charge < -0.3 is 9.57 Å². The monoisotopic (exact) mass is 291 g/mol. The van der Waals surface area contributed by atoms with Crippen molar-refractivity contribution in [2.75, 3.05) is 26.1 Å². The van der Waals surface area contributed by atoms with Crippen LogP contribution >= 0.6 is 0 Å². The molecule has 0 bridgehead atoms. The molecule has 0 heterocycles. The maximum atomic E-state index is 10.6. The van der Waals surface area contributed by atoms with Gasteiger partial charge in [-0.05, 0) is 27.7 Å². The molecule has 0 aromatic rings. The van der Waals surface area contributed by atoms with Crippen molar-refractivity contribution in [3.63, 3.8) is 0 Å². The van der Waals surface area contributed by atoms with Gasteiger partial charge >= 0.3 is 0 Å². The number of oxime groups is 1. The van der Waals surface area contributed by atoms with Crippen molar-refractivity contribution in [3.05, 3.63) is 0 Å². The van der Waals surface area contributed by atoms with E-state index in [0.717, 1.165) is 6.26 Å². The lowest BCUT2D eigenvalue weighted by molar-refractivity contribution is -0.000438. The first-order valence-electron chi connectivity index (χ1n) is 5.70. The molecular weight excluding hydrogens is 270 g/mol. The molecule has 0 atom stereocenters. The molecule has 0 aliphatic carbocycles. The van der Waals surface area contributed by atoms with Crippen LogP contribution in [0.1, 0.15) is 27.7 Å². The second-order valence-electron chi connectivity index (χ2n) is 4.84. The first-order chi connectivity index (χ1) is 8.60. The molecule has 0 aromatic carbocycles. The van der Waals surface area contributed by atoms with Crippen molar-refractivity contribution in [2.45, 2.75) is 33.3 Å². The van der Waals surface area contributed by atoms with Crippen LogP contribution in [0.15, 0.2) is 5.16 Å². The minimum absolute atomic E-state index is 0.164. The minimum Gasteiger partial charge on any atom is -0.390 e. The first kappa shape index (κ1) is 17.9. The lowest BCUT2D eigenvalue weighted by Crippen LogP contribution is -2.17. The fraction of sp³-hybridized carbons (Fsp3) is 0.750. The predicted molar refractivity (Wildman–Crippen MR) is 73.3 cm³/mol. The second kappa shape index (κ2) is 8.15. The molecular formula is C12H21NO5S. The van der Waals surface area contributed by atoms with Crippen LogP contribution in [0.5, 0.6) is 0 Å². The van der Waals surface area contributed by atoms with Crippen molar-refractivity contribution >= 4 is 15.8 Å². The number of rotatable bonds is 6. The Morgan fingerprint density at radius 3 is 2.32 bits per heavy atom. The zero-order valence-corrected chi connectivity index (χ0v) is 12.8. The maximum absolute atomic E-state index is 10.6. The molecule has 7 heteroatoms. The Morgan fingerprint density at radius 1 is 1.21 bits per heavy atom. The van der Waals surface area contributed by atoms with E-state index in [2.05, 4.69) is 21.2 Å². The molecule has 19 heavy (non-hydrogen) atoms. The smallest absolute Gasteiger partial charge is 0.265 e. The Morgan fingerprint density at radius 2 is 1.79 bits per heavy atom. The standard InChI is InChI=1S/C12H21NO5S/c1-11(13-18-12(2,3)4)10-16-8-6-7-9-17-19(5,14)15/h8-10H2,1-5H3. The van der Waals surface area contributed by atoms with E-state index in [0.29, 0.717) is 12.3 Å². The number of nitrogens with zero attached hydrogens (tertiary/aromatic N) is 1. The summed E-state index contributed by atoms with van der Waals surface area (Å²) in [6.07, 6.45) is 0.972. The molecule has 0 unspecified atom stereocenters. The van der Waals surface area contributed by atoms with E-state index in [1.165, 1.54) is 0 Å². The summed E-state index contributed by atoms with van der Waals surface area (Å²) in [4.78, 5) is 5.21. The third kappa shape index (κ3) is 14.8. The average Bonchev–Trinajstić information content (AvgIpc) is 2.22. The Bertz CT molecular complexity index is 451. The van der Waals surface area contributed by atoms with Gasteiger partial charge in [0.2, 0.25) is 0 Å². The summed E-state index contributed by atoms with van der Waals surface area (Å²) < 4.78 is 30.9. The molecule has 0 spiro atoms. The van der Waals surface area contributed by atoms with Gasteiger partial charge in [0.05, 0.1) is 18.6 Å². The van der Waals surface area contributed by atoms with Crippen molar-refractivity contribution in [3.8, 4) is 11.8 Å². The zero-order chi connectivity index (χ0) is 14.9. The molecule has 0 aliphatic rings. The summed E-state index contributed by atoms with van der Waals surface area (Å²) in [5.74, 6) is 5.15. The van der Waals surface area contributed by atoms with Gasteiger partial charge in [-0.15, -0.1) is 0 Å². The van der Waals surface area contributed by atoms with Crippen LogP contribution < -0.4 is 0 Å². The van der Waals surface area contributed by atoms with Gasteiger partial charge in [0.25, 0.3) is 10.1 Å². The molecule has 0 aromatic heterocycles. The first-order valence-corrected chi connectivity index (χ1v) is 7.51. The molecule has 0 saturated heterocycles. The third-order valence-electron chi connectivity index (χ3n) is 1.43. The Hall–Kier alpha value is -1.10. The predicted octanol–water partition coefficient (Wildman–Crippen LogP) is 1.17. The van der Waals surface area contributed by atoms with Gasteiger partial charge in [-0.1, -0.05) is 17.0 Å². The number of hydrogen-bond acceptors (Lipinski definition) is 6. The normalized spacial score (nSPS) is 12.8. The van der Waals surface area contributed by atoms with E-state index in [9.17, 15) is 8.42 Å². The SMILES string of the molecule is CC(COCC#CCOS(C)(=O)=O)=NOC(C)(C)C. The van der Waals surface area contributed by atoms with Crippen LogP contribution in [0.2, 0.25) is 0 Å². The molecule has 0 N–H and O–H groups in total. The molecule has 0 saturated carbocycles. The highest BCUT2D eigenvalue weighted by Crippen LogP contribution is 2.06. The van der Waals surface area contributed by atoms with E-state index >= 15 is 0 Å². The van der Waals surface area contributed by atoms with Crippen LogP contribution in [0.3, 0.4) is 0 Å². The van der Waals surface area contributed by atoms with Gasteiger partial charge in [-0.25, -0.2) is 0 Å². The minimum atomic E-state index is -3.43. The van der Waals surface area contributed by atoms with E-state index in [1.54, 1.807) is 6.92 Å². The number of hydrogen-bond donors (Lipinski definition) is 0. The summed E-state index contributed by atoms with van der Waals surface area (Å²) in [6, 6.07) is 0. The second-order valence-corrected chi connectivity index (χ2v) is 6.49. The van der Waals surface area contributed by atoms with Crippen LogP contribution in [0, 0.1) is 11.8 Å². The van der Waals surface area contributed by atoms with Gasteiger partial charge in [0.1, 0.15) is 18.8 Å². The largest absolute Gasteiger partial charge is 0.390 e. The van der Waals surface area contributed by atoms with Crippen LogP contribution in [-0.2, 0) is 23.9 Å². The van der Waals surface area contributed by atoms with Crippen molar-refractivity contribution in [2.24, 2.45) is 5.16 Å². The van der Waals surface area contributed by atoms with Crippen molar-refractivity contribution < 1.29 is 22.2 Å². The topological polar surface area (TPSA) is 74.2 Å². The van der Waals surface area contributed by atoms with Crippen molar-refractivity contribution in [1.82, 2.24) is 0 Å². The van der Waals surface area contributed by atoms with E-state index in [4.69, 9.17) is 9.57 Å². The Labute approximate surface area is 115 Å². The fourth-order valence-corrected chi connectivity index (χ4v) is 1.00. The summed E-state index contributed by atoms with van der Waals surface area (Å²) >= 11 is 0. The van der Waals surface area contributed by atoms with Gasteiger partial charge in [-0.2, -0.15) is 8.42 Å². The summed E-state index contributed by atoms with van der Waals surface area (Å²) in [5.41, 5.74) is 0.369. The van der Waals surface area contributed by atoms with E-state index in [-0.39, 0.29) is 18.8 Å². The van der Waals surface area contributed by atoms with E-state index in [1.807, 2.05) is 20.8 Å². The third-order valence-corrected chi connectivity index (χ3v) is 1.98. The van der Waals surface area contributed by atoms with Gasteiger partial charge in [-0.3, -0.25) is 4.18 Å². The summed E-state index contributed by atoms with van der Waals surface area (Å²) in [5, 5.41) is 3.90. The zero-order valence-electron chi connectivity index (χ0n) is 12.0. The maximum Gasteiger partial charge on any atom is 0.265 e. The van der Waals surface area contributed by atoms with Crippen LogP contribution in [0.25, 0.3) is 0 Å². The molecule has 0 radical (unpaired) electrons. The van der Waals surface area contributed by atoms with Gasteiger partial charge in [0, 0.05) is 0 Å². The highest BCUT2D eigenvalue weighted by atomic mass is 32.2. The molecule has 0 amide bonds. The highest BCUT2D eigenvalue weighted by molar-refractivity contribution is 7.85. The Balaban J connectivity index is 3.78. The molecule has 110 valence electrons. The molecule has 6 nitrogen and oxygen atoms in total. The molecule has 0 rings (SSSR count). The van der Waals surface area contributed by atoms with Crippen LogP contribution in [-0.4, -0.2) is 45.8 Å². The molecule has 0 aliphatic heterocycles. The Kier molecular flexibility index (Phi) is 7.68. The lowest BCUT2D eigenvalue weighted by atomic mass is 10.2.